The lowest BCUT2D eigenvalue weighted by Gasteiger charge is -2.11. The van der Waals surface area contributed by atoms with E-state index in [4.69, 9.17) is 10.5 Å². The van der Waals surface area contributed by atoms with Crippen LogP contribution in [0.5, 0.6) is 5.75 Å². The van der Waals surface area contributed by atoms with Gasteiger partial charge in [-0.25, -0.2) is 9.37 Å². The molecule has 0 saturated heterocycles. The van der Waals surface area contributed by atoms with Gasteiger partial charge in [-0.15, -0.1) is 0 Å². The van der Waals surface area contributed by atoms with Gasteiger partial charge in [0, 0.05) is 36.6 Å². The van der Waals surface area contributed by atoms with Crippen LogP contribution in [0.25, 0.3) is 0 Å². The zero-order valence-corrected chi connectivity index (χ0v) is 11.1. The van der Waals surface area contributed by atoms with E-state index >= 15 is 0 Å². The van der Waals surface area contributed by atoms with E-state index in [0.29, 0.717) is 17.9 Å². The Morgan fingerprint density at radius 3 is 2.89 bits per heavy atom. The molecular formula is C14H18FN3O. The molecule has 0 radical (unpaired) electrons. The van der Waals surface area contributed by atoms with E-state index in [2.05, 4.69) is 4.98 Å². The number of nitrogens with two attached hydrogens (primary N) is 1. The maximum absolute atomic E-state index is 13.7. The standard InChI is InChI=1S/C14H18FN3O/c1-3-18-7-6-17-14(18)9-19-11-4-5-12(10(2)16)13(15)8-11/h4-8,10H,3,9,16H2,1-2H3. The van der Waals surface area contributed by atoms with Crippen LogP contribution in [-0.2, 0) is 13.2 Å². The molecule has 1 unspecified atom stereocenters. The average molecular weight is 263 g/mol. The summed E-state index contributed by atoms with van der Waals surface area (Å²) in [5.74, 6) is 0.957. The summed E-state index contributed by atoms with van der Waals surface area (Å²) in [4.78, 5) is 4.19. The fourth-order valence-corrected chi connectivity index (χ4v) is 1.88. The molecule has 0 aliphatic heterocycles. The van der Waals surface area contributed by atoms with Crippen LogP contribution < -0.4 is 10.5 Å². The molecule has 1 heterocycles. The number of ether oxygens (including phenoxy) is 1. The Labute approximate surface area is 112 Å². The van der Waals surface area contributed by atoms with Crippen LogP contribution in [-0.4, -0.2) is 9.55 Å². The van der Waals surface area contributed by atoms with Crippen molar-refractivity contribution in [1.29, 1.82) is 0 Å². The summed E-state index contributed by atoms with van der Waals surface area (Å²) in [5.41, 5.74) is 6.15. The van der Waals surface area contributed by atoms with Crippen molar-refractivity contribution in [3.8, 4) is 5.75 Å². The number of halogens is 1. The molecule has 19 heavy (non-hydrogen) atoms. The van der Waals surface area contributed by atoms with E-state index in [1.165, 1.54) is 6.07 Å². The first-order valence-electron chi connectivity index (χ1n) is 6.29. The molecule has 102 valence electrons. The summed E-state index contributed by atoms with van der Waals surface area (Å²) in [6.07, 6.45) is 3.61. The molecule has 1 aromatic heterocycles. The molecule has 2 aromatic rings. The lowest BCUT2D eigenvalue weighted by atomic mass is 10.1. The van der Waals surface area contributed by atoms with E-state index in [-0.39, 0.29) is 11.9 Å². The Balaban J connectivity index is 2.06. The molecule has 4 nitrogen and oxygen atoms in total. The van der Waals surface area contributed by atoms with Crippen molar-refractivity contribution < 1.29 is 9.13 Å². The van der Waals surface area contributed by atoms with Crippen molar-refractivity contribution in [2.45, 2.75) is 33.0 Å². The Morgan fingerprint density at radius 1 is 1.47 bits per heavy atom. The average Bonchev–Trinajstić information content (AvgIpc) is 2.83. The van der Waals surface area contributed by atoms with Crippen LogP contribution in [0.2, 0.25) is 0 Å². The molecule has 0 bridgehead atoms. The highest BCUT2D eigenvalue weighted by Gasteiger charge is 2.09. The predicted molar refractivity (Wildman–Crippen MR) is 71.2 cm³/mol. The second-order valence-corrected chi connectivity index (χ2v) is 4.39. The van der Waals surface area contributed by atoms with Gasteiger partial charge in [-0.2, -0.15) is 0 Å². The van der Waals surface area contributed by atoms with E-state index < -0.39 is 0 Å². The minimum absolute atomic E-state index is 0.317. The third kappa shape index (κ3) is 3.12. The van der Waals surface area contributed by atoms with Gasteiger partial charge in [0.05, 0.1) is 0 Å². The second-order valence-electron chi connectivity index (χ2n) is 4.39. The zero-order chi connectivity index (χ0) is 13.8. The first kappa shape index (κ1) is 13.5. The predicted octanol–water partition coefficient (Wildman–Crippen LogP) is 2.64. The van der Waals surface area contributed by atoms with Crippen molar-refractivity contribution in [2.75, 3.05) is 0 Å². The van der Waals surface area contributed by atoms with Crippen LogP contribution >= 0.6 is 0 Å². The van der Waals surface area contributed by atoms with Gasteiger partial charge in [-0.05, 0) is 19.9 Å². The van der Waals surface area contributed by atoms with Crippen molar-refractivity contribution in [1.82, 2.24) is 9.55 Å². The minimum atomic E-state index is -0.341. The molecular weight excluding hydrogens is 245 g/mol. The first-order valence-corrected chi connectivity index (χ1v) is 6.29. The van der Waals surface area contributed by atoms with Crippen molar-refractivity contribution >= 4 is 0 Å². The van der Waals surface area contributed by atoms with Gasteiger partial charge >= 0.3 is 0 Å². The third-order valence-electron chi connectivity index (χ3n) is 2.97. The van der Waals surface area contributed by atoms with Gasteiger partial charge in [-0.3, -0.25) is 0 Å². The number of rotatable bonds is 5. The van der Waals surface area contributed by atoms with E-state index in [9.17, 15) is 4.39 Å². The molecule has 1 atom stereocenters. The number of aromatic nitrogens is 2. The smallest absolute Gasteiger partial charge is 0.146 e. The molecule has 2 rings (SSSR count). The quantitative estimate of drug-likeness (QED) is 0.902. The van der Waals surface area contributed by atoms with Crippen LogP contribution in [0, 0.1) is 5.82 Å². The fourth-order valence-electron chi connectivity index (χ4n) is 1.88. The number of hydrogen-bond donors (Lipinski definition) is 1. The second kappa shape index (κ2) is 5.84. The fraction of sp³-hybridized carbons (Fsp3) is 0.357. The molecule has 0 amide bonds. The van der Waals surface area contributed by atoms with Crippen molar-refractivity contribution in [3.05, 3.63) is 47.8 Å². The van der Waals surface area contributed by atoms with Gasteiger partial charge in [-0.1, -0.05) is 6.07 Å². The van der Waals surface area contributed by atoms with Crippen LogP contribution in [0.15, 0.2) is 30.6 Å². The molecule has 0 spiro atoms. The largest absolute Gasteiger partial charge is 0.486 e. The third-order valence-corrected chi connectivity index (χ3v) is 2.97. The molecule has 0 aliphatic rings. The lowest BCUT2D eigenvalue weighted by Crippen LogP contribution is -2.08. The van der Waals surface area contributed by atoms with Crippen LogP contribution in [0.3, 0.4) is 0 Å². The summed E-state index contributed by atoms with van der Waals surface area (Å²) >= 11 is 0. The van der Waals surface area contributed by atoms with Gasteiger partial charge in [0.1, 0.15) is 24.0 Å². The number of imidazole rings is 1. The van der Waals surface area contributed by atoms with Gasteiger partial charge in [0.2, 0.25) is 0 Å². The number of benzene rings is 1. The Morgan fingerprint density at radius 2 is 2.26 bits per heavy atom. The van der Waals surface area contributed by atoms with Gasteiger partial charge in [0.15, 0.2) is 0 Å². The molecule has 0 fully saturated rings. The maximum Gasteiger partial charge on any atom is 0.146 e. The topological polar surface area (TPSA) is 53.1 Å². The highest BCUT2D eigenvalue weighted by molar-refractivity contribution is 5.30. The molecule has 0 aliphatic carbocycles. The summed E-state index contributed by atoms with van der Waals surface area (Å²) in [5, 5.41) is 0. The molecule has 5 heteroatoms. The highest BCUT2D eigenvalue weighted by Crippen LogP contribution is 2.21. The Kier molecular flexibility index (Phi) is 4.16. The summed E-state index contributed by atoms with van der Waals surface area (Å²) < 4.78 is 21.3. The molecule has 1 aromatic carbocycles. The van der Waals surface area contributed by atoms with Crippen molar-refractivity contribution in [2.24, 2.45) is 5.73 Å². The Bertz CT molecular complexity index is 551. The van der Waals surface area contributed by atoms with Crippen LogP contribution in [0.4, 0.5) is 4.39 Å². The molecule has 2 N–H and O–H groups in total. The minimum Gasteiger partial charge on any atom is -0.486 e. The number of nitrogens with zero attached hydrogens (tertiary/aromatic N) is 2. The van der Waals surface area contributed by atoms with Gasteiger partial charge < -0.3 is 15.0 Å². The van der Waals surface area contributed by atoms with E-state index in [0.717, 1.165) is 12.4 Å². The SMILES string of the molecule is CCn1ccnc1COc1ccc(C(C)N)c(F)c1. The zero-order valence-electron chi connectivity index (χ0n) is 11.1. The molecule has 0 saturated carbocycles. The number of hydrogen-bond acceptors (Lipinski definition) is 3. The monoisotopic (exact) mass is 263 g/mol. The number of aryl methyl sites for hydroxylation is 1. The van der Waals surface area contributed by atoms with Crippen LogP contribution in [0.1, 0.15) is 31.3 Å². The van der Waals surface area contributed by atoms with E-state index in [1.807, 2.05) is 17.7 Å². The first-order chi connectivity index (χ1) is 9.11. The van der Waals surface area contributed by atoms with Crippen molar-refractivity contribution in [3.63, 3.8) is 0 Å². The normalized spacial score (nSPS) is 12.4. The van der Waals surface area contributed by atoms with Gasteiger partial charge in [0.25, 0.3) is 0 Å². The lowest BCUT2D eigenvalue weighted by molar-refractivity contribution is 0.288. The highest BCUT2D eigenvalue weighted by atomic mass is 19.1. The summed E-state index contributed by atoms with van der Waals surface area (Å²) in [7, 11) is 0. The Hall–Kier alpha value is -1.88. The maximum atomic E-state index is 13.7. The summed E-state index contributed by atoms with van der Waals surface area (Å²) in [6, 6.07) is 4.41. The summed E-state index contributed by atoms with van der Waals surface area (Å²) in [6.45, 7) is 4.92. The van der Waals surface area contributed by atoms with E-state index in [1.54, 1.807) is 25.3 Å².